The number of benzene rings is 6. The molecule has 2 aliphatic carbocycles. The van der Waals surface area contributed by atoms with Gasteiger partial charge in [-0.05, 0) is 73.8 Å². The van der Waals surface area contributed by atoms with E-state index < -0.39 is 5.41 Å². The van der Waals surface area contributed by atoms with Crippen molar-refractivity contribution in [1.29, 1.82) is 0 Å². The molecule has 0 N–H and O–H groups in total. The maximum Gasteiger partial charge on any atom is 0.160 e. The fourth-order valence-corrected chi connectivity index (χ4v) is 8.18. The molecule has 2 heterocycles. The van der Waals surface area contributed by atoms with E-state index in [1.165, 1.54) is 44.5 Å². The van der Waals surface area contributed by atoms with Crippen LogP contribution in [0.25, 0.3) is 67.3 Å². The lowest BCUT2D eigenvalue weighted by Crippen LogP contribution is -2.25. The fraction of sp³-hybridized carbons (Fsp3) is 0.0217. The first-order chi connectivity index (χ1) is 24.3. The highest BCUT2D eigenvalue weighted by atomic mass is 14.9. The monoisotopic (exact) mass is 623 g/mol. The number of fused-ring (bicyclic) bond motifs is 10. The van der Waals surface area contributed by atoms with Gasteiger partial charge in [-0.2, -0.15) is 0 Å². The van der Waals surface area contributed by atoms with Gasteiger partial charge in [0, 0.05) is 29.1 Å². The van der Waals surface area contributed by atoms with Crippen LogP contribution in [0.1, 0.15) is 22.3 Å². The highest BCUT2D eigenvalue weighted by molar-refractivity contribution is 5.99. The summed E-state index contributed by atoms with van der Waals surface area (Å²) >= 11 is 0. The molecule has 2 aliphatic rings. The third-order valence-electron chi connectivity index (χ3n) is 10.2. The standard InChI is InChI=1S/C46H29N3/c1-2-11-33(12-3-1)45-48-42(32-23-21-30(22-24-32)31-25-27-47-28-26-31)29-43(49-45)37-16-10-20-41-44(37)36-15-6-9-19-40(36)46(41)38-17-7-4-13-34(38)35-14-5-8-18-39(35)46/h1-29H. The molecular formula is C46H29N3. The molecular weight excluding hydrogens is 595 g/mol. The third-order valence-corrected chi connectivity index (χ3v) is 10.2. The highest BCUT2D eigenvalue weighted by Gasteiger charge is 2.52. The Balaban J connectivity index is 1.22. The minimum atomic E-state index is -0.407. The van der Waals surface area contributed by atoms with Gasteiger partial charge in [0.15, 0.2) is 5.82 Å². The molecule has 2 aromatic heterocycles. The van der Waals surface area contributed by atoms with Crippen molar-refractivity contribution in [1.82, 2.24) is 15.0 Å². The maximum atomic E-state index is 5.30. The Morgan fingerprint density at radius 2 is 0.857 bits per heavy atom. The molecule has 0 atom stereocenters. The number of pyridine rings is 1. The summed E-state index contributed by atoms with van der Waals surface area (Å²) in [6, 6.07) is 58.7. The van der Waals surface area contributed by atoms with Crippen LogP contribution < -0.4 is 0 Å². The molecule has 8 aromatic rings. The van der Waals surface area contributed by atoms with Crippen molar-refractivity contribution in [3.8, 4) is 67.3 Å². The Morgan fingerprint density at radius 3 is 1.55 bits per heavy atom. The van der Waals surface area contributed by atoms with Crippen LogP contribution >= 0.6 is 0 Å². The quantitative estimate of drug-likeness (QED) is 0.196. The van der Waals surface area contributed by atoms with Crippen LogP contribution in [0, 0.1) is 0 Å². The summed E-state index contributed by atoms with van der Waals surface area (Å²) in [6.45, 7) is 0. The molecule has 0 unspecified atom stereocenters. The molecule has 0 bridgehead atoms. The second kappa shape index (κ2) is 10.8. The third kappa shape index (κ3) is 4.06. The minimum absolute atomic E-state index is 0.407. The predicted molar refractivity (Wildman–Crippen MR) is 198 cm³/mol. The summed E-state index contributed by atoms with van der Waals surface area (Å²) < 4.78 is 0. The molecule has 0 radical (unpaired) electrons. The number of hydrogen-bond donors (Lipinski definition) is 0. The first kappa shape index (κ1) is 27.6. The van der Waals surface area contributed by atoms with E-state index in [1.807, 2.05) is 42.7 Å². The molecule has 228 valence electrons. The van der Waals surface area contributed by atoms with Gasteiger partial charge >= 0.3 is 0 Å². The van der Waals surface area contributed by atoms with E-state index in [-0.39, 0.29) is 0 Å². The number of hydrogen-bond acceptors (Lipinski definition) is 3. The van der Waals surface area contributed by atoms with Crippen LogP contribution in [-0.2, 0) is 5.41 Å². The van der Waals surface area contributed by atoms with Gasteiger partial charge in [0.2, 0.25) is 0 Å². The van der Waals surface area contributed by atoms with E-state index >= 15 is 0 Å². The molecule has 6 aromatic carbocycles. The number of aromatic nitrogens is 3. The van der Waals surface area contributed by atoms with E-state index in [0.717, 1.165) is 39.2 Å². The molecule has 0 saturated heterocycles. The van der Waals surface area contributed by atoms with Gasteiger partial charge in [0.1, 0.15) is 0 Å². The molecule has 10 rings (SSSR count). The lowest BCUT2D eigenvalue weighted by atomic mass is 9.70. The summed E-state index contributed by atoms with van der Waals surface area (Å²) in [5.41, 5.74) is 17.2. The largest absolute Gasteiger partial charge is 0.265 e. The zero-order valence-corrected chi connectivity index (χ0v) is 26.6. The maximum absolute atomic E-state index is 5.30. The van der Waals surface area contributed by atoms with Gasteiger partial charge < -0.3 is 0 Å². The molecule has 3 heteroatoms. The van der Waals surface area contributed by atoms with Crippen LogP contribution in [0.3, 0.4) is 0 Å². The van der Waals surface area contributed by atoms with E-state index in [9.17, 15) is 0 Å². The number of nitrogens with zero attached hydrogens (tertiary/aromatic N) is 3. The molecule has 3 nitrogen and oxygen atoms in total. The normalized spacial score (nSPS) is 13.1. The van der Waals surface area contributed by atoms with Gasteiger partial charge in [-0.15, -0.1) is 0 Å². The van der Waals surface area contributed by atoms with Gasteiger partial charge in [0.05, 0.1) is 16.8 Å². The summed E-state index contributed by atoms with van der Waals surface area (Å²) in [6.07, 6.45) is 3.66. The van der Waals surface area contributed by atoms with Crippen molar-refractivity contribution >= 4 is 0 Å². The Bertz CT molecular complexity index is 2490. The summed E-state index contributed by atoms with van der Waals surface area (Å²) in [4.78, 5) is 14.6. The van der Waals surface area contributed by atoms with Crippen molar-refractivity contribution in [2.24, 2.45) is 0 Å². The van der Waals surface area contributed by atoms with E-state index in [1.54, 1.807) is 0 Å². The van der Waals surface area contributed by atoms with E-state index in [4.69, 9.17) is 9.97 Å². The SMILES string of the molecule is c1ccc(-c2nc(-c3ccc(-c4ccncc4)cc3)cc(-c3cccc4c3-c3ccccc3C43c4ccccc4-c4ccccc43)n2)cc1. The second-order valence-electron chi connectivity index (χ2n) is 12.8. The van der Waals surface area contributed by atoms with Crippen molar-refractivity contribution < 1.29 is 0 Å². The summed E-state index contributed by atoms with van der Waals surface area (Å²) in [5.74, 6) is 0.710. The molecule has 1 spiro atoms. The zero-order valence-electron chi connectivity index (χ0n) is 26.6. The first-order valence-electron chi connectivity index (χ1n) is 16.7. The number of rotatable bonds is 4. The highest BCUT2D eigenvalue weighted by Crippen LogP contribution is 2.63. The van der Waals surface area contributed by atoms with Gasteiger partial charge in [-0.25, -0.2) is 9.97 Å². The van der Waals surface area contributed by atoms with Crippen LogP contribution in [0.2, 0.25) is 0 Å². The molecule has 0 aliphatic heterocycles. The van der Waals surface area contributed by atoms with E-state index in [2.05, 4.69) is 138 Å². The Labute approximate surface area is 285 Å². The first-order valence-corrected chi connectivity index (χ1v) is 16.7. The van der Waals surface area contributed by atoms with Crippen LogP contribution in [-0.4, -0.2) is 15.0 Å². The van der Waals surface area contributed by atoms with Crippen molar-refractivity contribution in [3.63, 3.8) is 0 Å². The van der Waals surface area contributed by atoms with Gasteiger partial charge in [-0.1, -0.05) is 146 Å². The Hall–Kier alpha value is -6.45. The Kier molecular flexibility index (Phi) is 6.09. The van der Waals surface area contributed by atoms with E-state index in [0.29, 0.717) is 5.82 Å². The zero-order chi connectivity index (χ0) is 32.4. The molecule has 49 heavy (non-hydrogen) atoms. The topological polar surface area (TPSA) is 38.7 Å². The average molecular weight is 624 g/mol. The van der Waals surface area contributed by atoms with Gasteiger partial charge in [-0.3, -0.25) is 4.98 Å². The van der Waals surface area contributed by atoms with Crippen LogP contribution in [0.15, 0.2) is 176 Å². The molecule has 0 fully saturated rings. The fourth-order valence-electron chi connectivity index (χ4n) is 8.18. The minimum Gasteiger partial charge on any atom is -0.265 e. The van der Waals surface area contributed by atoms with Crippen molar-refractivity contribution in [2.45, 2.75) is 5.41 Å². The average Bonchev–Trinajstić information content (AvgIpc) is 3.66. The second-order valence-corrected chi connectivity index (χ2v) is 12.8. The molecule has 0 saturated carbocycles. The Morgan fingerprint density at radius 1 is 0.347 bits per heavy atom. The van der Waals surface area contributed by atoms with Crippen LogP contribution in [0.5, 0.6) is 0 Å². The lowest BCUT2D eigenvalue weighted by Gasteiger charge is -2.30. The van der Waals surface area contributed by atoms with Crippen molar-refractivity contribution in [2.75, 3.05) is 0 Å². The lowest BCUT2D eigenvalue weighted by molar-refractivity contribution is 0.794. The summed E-state index contributed by atoms with van der Waals surface area (Å²) in [5, 5.41) is 0. The van der Waals surface area contributed by atoms with Crippen LogP contribution in [0.4, 0.5) is 0 Å². The van der Waals surface area contributed by atoms with Gasteiger partial charge in [0.25, 0.3) is 0 Å². The summed E-state index contributed by atoms with van der Waals surface area (Å²) in [7, 11) is 0. The molecule has 0 amide bonds. The predicted octanol–water partition coefficient (Wildman–Crippen LogP) is 10.9. The van der Waals surface area contributed by atoms with Crippen molar-refractivity contribution in [3.05, 3.63) is 198 Å². The smallest absolute Gasteiger partial charge is 0.160 e.